The Balaban J connectivity index is 4.34. The SMILES string of the molecule is CCCCCCCCCCC/C=C/CC/C=C/[C@@H](O)[C@H](COP(=O)(O)OCC[N+](C)(C)C)NC(=O)CCCCCCCCCCCCCCCCCCCCCC. The predicted molar refractivity (Wildman–Crippen MR) is 245 cm³/mol. The van der Waals surface area contributed by atoms with Crippen molar-refractivity contribution < 1.29 is 32.9 Å². The predicted octanol–water partition coefficient (Wildman–Crippen LogP) is 13.7. The summed E-state index contributed by atoms with van der Waals surface area (Å²) in [6, 6.07) is -0.858. The van der Waals surface area contributed by atoms with Crippen LogP contribution in [0.2, 0.25) is 0 Å². The number of rotatable bonds is 44. The van der Waals surface area contributed by atoms with Gasteiger partial charge in [0, 0.05) is 6.42 Å². The van der Waals surface area contributed by atoms with Crippen LogP contribution in [0, 0.1) is 0 Å². The van der Waals surface area contributed by atoms with Crippen molar-refractivity contribution >= 4 is 13.7 Å². The van der Waals surface area contributed by atoms with Crippen LogP contribution in [0.5, 0.6) is 0 Å². The van der Waals surface area contributed by atoms with Gasteiger partial charge in [0.15, 0.2) is 0 Å². The van der Waals surface area contributed by atoms with E-state index in [4.69, 9.17) is 9.05 Å². The van der Waals surface area contributed by atoms with Gasteiger partial charge in [-0.15, -0.1) is 0 Å². The Morgan fingerprint density at radius 1 is 0.579 bits per heavy atom. The van der Waals surface area contributed by atoms with E-state index in [0.29, 0.717) is 17.4 Å². The molecule has 0 aromatic rings. The maximum absolute atomic E-state index is 12.9. The maximum Gasteiger partial charge on any atom is 0.472 e. The molecule has 0 aliphatic heterocycles. The van der Waals surface area contributed by atoms with Gasteiger partial charge in [-0.2, -0.15) is 0 Å². The third-order valence-electron chi connectivity index (χ3n) is 10.9. The Hall–Kier alpha value is -1.02. The van der Waals surface area contributed by atoms with E-state index in [0.717, 1.165) is 38.5 Å². The average molecular weight is 828 g/mol. The fourth-order valence-corrected chi connectivity index (χ4v) is 7.79. The highest BCUT2D eigenvalue weighted by molar-refractivity contribution is 7.47. The highest BCUT2D eigenvalue weighted by Gasteiger charge is 2.27. The number of likely N-dealkylation sites (N-methyl/N-ethyl adjacent to an activating group) is 1. The number of quaternary nitrogens is 1. The lowest BCUT2D eigenvalue weighted by Crippen LogP contribution is -2.45. The molecule has 0 rings (SSSR count). The van der Waals surface area contributed by atoms with Crippen LogP contribution in [0.1, 0.15) is 226 Å². The lowest BCUT2D eigenvalue weighted by Gasteiger charge is -2.25. The number of phosphoric ester groups is 1. The average Bonchev–Trinajstić information content (AvgIpc) is 3.16. The van der Waals surface area contributed by atoms with E-state index in [9.17, 15) is 19.4 Å². The quantitative estimate of drug-likeness (QED) is 0.0244. The number of carbonyl (C=O) groups is 1. The van der Waals surface area contributed by atoms with Crippen LogP contribution in [0.25, 0.3) is 0 Å². The van der Waals surface area contributed by atoms with Gasteiger partial charge >= 0.3 is 7.82 Å². The largest absolute Gasteiger partial charge is 0.472 e. The number of phosphoric acid groups is 1. The van der Waals surface area contributed by atoms with Gasteiger partial charge in [-0.25, -0.2) is 4.57 Å². The summed E-state index contributed by atoms with van der Waals surface area (Å²) < 4.78 is 23.6. The molecule has 0 fully saturated rings. The molecule has 0 saturated carbocycles. The lowest BCUT2D eigenvalue weighted by molar-refractivity contribution is -0.870. The topological polar surface area (TPSA) is 105 Å². The molecule has 3 N–H and O–H groups in total. The molecule has 0 heterocycles. The minimum absolute atomic E-state index is 0.0584. The summed E-state index contributed by atoms with van der Waals surface area (Å²) in [4.78, 5) is 23.2. The first-order chi connectivity index (χ1) is 27.5. The van der Waals surface area contributed by atoms with Crippen LogP contribution in [-0.4, -0.2) is 73.4 Å². The molecule has 1 unspecified atom stereocenters. The van der Waals surface area contributed by atoms with Crippen LogP contribution in [0.3, 0.4) is 0 Å². The molecule has 0 aromatic carbocycles. The van der Waals surface area contributed by atoms with Crippen LogP contribution >= 0.6 is 7.82 Å². The number of carbonyl (C=O) groups excluding carboxylic acids is 1. The zero-order valence-corrected chi connectivity index (χ0v) is 39.2. The molecule has 0 saturated heterocycles. The smallest absolute Gasteiger partial charge is 0.387 e. The molecule has 8 nitrogen and oxygen atoms in total. The van der Waals surface area contributed by atoms with Gasteiger partial charge in [-0.1, -0.05) is 212 Å². The van der Waals surface area contributed by atoms with E-state index < -0.39 is 20.0 Å². The van der Waals surface area contributed by atoms with Crippen molar-refractivity contribution in [3.05, 3.63) is 24.3 Å². The van der Waals surface area contributed by atoms with E-state index in [1.807, 2.05) is 27.2 Å². The number of hydrogen-bond donors (Lipinski definition) is 3. The second-order valence-corrected chi connectivity index (χ2v) is 19.3. The first-order valence-electron chi connectivity index (χ1n) is 24.2. The molecule has 1 amide bonds. The lowest BCUT2D eigenvalue weighted by atomic mass is 10.0. The summed E-state index contributed by atoms with van der Waals surface area (Å²) in [6.45, 7) is 4.81. The number of allylic oxidation sites excluding steroid dienone is 3. The van der Waals surface area contributed by atoms with Crippen molar-refractivity contribution in [1.82, 2.24) is 5.32 Å². The number of aliphatic hydroxyl groups excluding tert-OH is 1. The third kappa shape index (κ3) is 42.9. The molecular formula is C48H96N2O6P+. The van der Waals surface area contributed by atoms with Crippen molar-refractivity contribution in [2.45, 2.75) is 238 Å². The van der Waals surface area contributed by atoms with Crippen LogP contribution in [-0.2, 0) is 18.4 Å². The summed E-state index contributed by atoms with van der Waals surface area (Å²) in [5.74, 6) is -0.184. The minimum Gasteiger partial charge on any atom is -0.387 e. The van der Waals surface area contributed by atoms with E-state index in [1.165, 1.54) is 167 Å². The van der Waals surface area contributed by atoms with E-state index >= 15 is 0 Å². The normalized spacial score (nSPS) is 14.4. The molecule has 0 radical (unpaired) electrons. The number of amides is 1. The second kappa shape index (κ2) is 40.4. The van der Waals surface area contributed by atoms with E-state index in [1.54, 1.807) is 6.08 Å². The molecule has 0 bridgehead atoms. The Labute approximate surface area is 354 Å². The molecule has 0 aliphatic rings. The maximum atomic E-state index is 12.9. The van der Waals surface area contributed by atoms with Gasteiger partial charge in [-0.3, -0.25) is 13.8 Å². The zero-order valence-electron chi connectivity index (χ0n) is 38.3. The highest BCUT2D eigenvalue weighted by Crippen LogP contribution is 2.43. The fourth-order valence-electron chi connectivity index (χ4n) is 7.06. The zero-order chi connectivity index (χ0) is 42.1. The van der Waals surface area contributed by atoms with Crippen molar-refractivity contribution in [3.63, 3.8) is 0 Å². The number of unbranched alkanes of at least 4 members (excludes halogenated alkanes) is 29. The Morgan fingerprint density at radius 2 is 0.965 bits per heavy atom. The fraction of sp³-hybridized carbons (Fsp3) is 0.896. The molecular weight excluding hydrogens is 732 g/mol. The van der Waals surface area contributed by atoms with Crippen LogP contribution in [0.4, 0.5) is 0 Å². The molecule has 0 aliphatic carbocycles. The first kappa shape index (κ1) is 56.0. The van der Waals surface area contributed by atoms with E-state index in [2.05, 4.69) is 31.3 Å². The molecule has 3 atom stereocenters. The summed E-state index contributed by atoms with van der Waals surface area (Å²) in [5, 5.41) is 13.8. The van der Waals surface area contributed by atoms with Crippen molar-refractivity contribution in [1.29, 1.82) is 0 Å². The van der Waals surface area contributed by atoms with Gasteiger partial charge in [0.25, 0.3) is 0 Å². The molecule has 0 spiro atoms. The number of hydrogen-bond acceptors (Lipinski definition) is 5. The molecule has 9 heteroatoms. The van der Waals surface area contributed by atoms with Crippen LogP contribution in [0.15, 0.2) is 24.3 Å². The Bertz CT molecular complexity index is 984. The summed E-state index contributed by atoms with van der Waals surface area (Å²) in [7, 11) is 1.56. The first-order valence-corrected chi connectivity index (χ1v) is 25.7. The Kier molecular flexibility index (Phi) is 39.7. The van der Waals surface area contributed by atoms with E-state index in [-0.39, 0.29) is 19.1 Å². The van der Waals surface area contributed by atoms with Crippen LogP contribution < -0.4 is 5.32 Å². The van der Waals surface area contributed by atoms with Crippen molar-refractivity contribution in [2.24, 2.45) is 0 Å². The number of nitrogens with one attached hydrogen (secondary N) is 1. The van der Waals surface area contributed by atoms with Gasteiger partial charge < -0.3 is 19.8 Å². The standard InChI is InChI=1S/C48H95N2O6P/c1-6-8-10-12-14-16-18-20-22-23-24-25-26-28-30-32-34-36-38-40-42-48(52)49-46(45-56-57(53,54)55-44-43-50(3,4)5)47(51)41-39-37-35-33-31-29-27-21-19-17-15-13-11-9-7-2/h31,33,39,41,46-47,51H,6-30,32,34-38,40,42-45H2,1-5H3,(H-,49,52,53,54)/p+1/b33-31+,41-39+/t46-,47+/m0/s1. The highest BCUT2D eigenvalue weighted by atomic mass is 31.2. The van der Waals surface area contributed by atoms with Crippen molar-refractivity contribution in [2.75, 3.05) is 40.9 Å². The number of nitrogens with zero attached hydrogens (tertiary/aromatic N) is 1. The monoisotopic (exact) mass is 828 g/mol. The Morgan fingerprint density at radius 3 is 1.40 bits per heavy atom. The molecule has 0 aromatic heterocycles. The summed E-state index contributed by atoms with van der Waals surface area (Å²) in [6.07, 6.45) is 48.2. The number of aliphatic hydroxyl groups is 1. The third-order valence-corrected chi connectivity index (χ3v) is 11.9. The second-order valence-electron chi connectivity index (χ2n) is 17.8. The van der Waals surface area contributed by atoms with Gasteiger partial charge in [0.05, 0.1) is 39.9 Å². The van der Waals surface area contributed by atoms with Crippen molar-refractivity contribution in [3.8, 4) is 0 Å². The van der Waals surface area contributed by atoms with Gasteiger partial charge in [0.2, 0.25) is 5.91 Å². The summed E-state index contributed by atoms with van der Waals surface area (Å²) >= 11 is 0. The molecule has 338 valence electrons. The van der Waals surface area contributed by atoms with Gasteiger partial charge in [-0.05, 0) is 32.1 Å². The summed E-state index contributed by atoms with van der Waals surface area (Å²) in [5.41, 5.74) is 0. The van der Waals surface area contributed by atoms with Gasteiger partial charge in [0.1, 0.15) is 13.2 Å². The molecule has 57 heavy (non-hydrogen) atoms. The minimum atomic E-state index is -4.34.